The molecule has 1 atom stereocenters. The second-order valence-corrected chi connectivity index (χ2v) is 10.2. The zero-order valence-corrected chi connectivity index (χ0v) is 20.9. The predicted molar refractivity (Wildman–Crippen MR) is 143 cm³/mol. The van der Waals surface area contributed by atoms with Crippen molar-refractivity contribution < 1.29 is 4.79 Å². The summed E-state index contributed by atoms with van der Waals surface area (Å²) in [5.41, 5.74) is 6.23. The number of rotatable bonds is 4. The van der Waals surface area contributed by atoms with Gasteiger partial charge in [-0.15, -0.1) is 0 Å². The fraction of sp³-hybridized carbons (Fsp3) is 0.222. The van der Waals surface area contributed by atoms with Crippen molar-refractivity contribution in [3.05, 3.63) is 94.5 Å². The number of para-hydroxylation sites is 2. The normalized spacial score (nSPS) is 19.9. The number of hydrogen-bond acceptors (Lipinski definition) is 6. The van der Waals surface area contributed by atoms with E-state index < -0.39 is 4.99 Å². The van der Waals surface area contributed by atoms with E-state index in [4.69, 9.17) is 21.8 Å². The third-order valence-electron chi connectivity index (χ3n) is 6.11. The fourth-order valence-electron chi connectivity index (χ4n) is 4.39. The quantitative estimate of drug-likeness (QED) is 0.406. The van der Waals surface area contributed by atoms with Crippen LogP contribution >= 0.6 is 23.4 Å². The van der Waals surface area contributed by atoms with Crippen LogP contribution in [-0.2, 0) is 4.79 Å². The largest absolute Gasteiger partial charge is 0.292 e. The van der Waals surface area contributed by atoms with Crippen molar-refractivity contribution in [1.82, 2.24) is 0 Å². The molecule has 1 spiro atoms. The number of carbonyl (C=O) groups is 1. The molecular weight excluding hydrogens is 464 g/mol. The minimum absolute atomic E-state index is 0.0729. The van der Waals surface area contributed by atoms with E-state index in [1.165, 1.54) is 22.9 Å². The first-order valence-electron chi connectivity index (χ1n) is 11.2. The van der Waals surface area contributed by atoms with Crippen LogP contribution in [0.4, 0.5) is 11.4 Å². The molecule has 34 heavy (non-hydrogen) atoms. The van der Waals surface area contributed by atoms with Gasteiger partial charge in [-0.2, -0.15) is 10.2 Å². The van der Waals surface area contributed by atoms with Gasteiger partial charge in [0.05, 0.1) is 22.1 Å². The summed E-state index contributed by atoms with van der Waals surface area (Å²) < 4.78 is 0. The van der Waals surface area contributed by atoms with E-state index >= 15 is 0 Å². The highest BCUT2D eigenvalue weighted by Crippen LogP contribution is 2.51. The van der Waals surface area contributed by atoms with Gasteiger partial charge in [-0.25, -0.2) is 10.0 Å². The minimum Gasteiger partial charge on any atom is -0.292 e. The monoisotopic (exact) mass is 488 g/mol. The van der Waals surface area contributed by atoms with E-state index in [1.807, 2.05) is 64.6 Å². The predicted octanol–water partition coefficient (Wildman–Crippen LogP) is 6.77. The van der Waals surface area contributed by atoms with Crippen molar-refractivity contribution in [3.8, 4) is 0 Å². The Kier molecular flexibility index (Phi) is 5.96. The highest BCUT2D eigenvalue weighted by Gasteiger charge is 2.53. The number of anilines is 2. The molecule has 5 rings (SSSR count). The molecule has 2 aliphatic rings. The number of hydrazone groups is 2. The number of hydrogen-bond donors (Lipinski definition) is 0. The van der Waals surface area contributed by atoms with Crippen molar-refractivity contribution >= 4 is 51.3 Å². The Morgan fingerprint density at radius 2 is 1.71 bits per heavy atom. The lowest BCUT2D eigenvalue weighted by atomic mass is 9.96. The van der Waals surface area contributed by atoms with Crippen molar-refractivity contribution in [2.24, 2.45) is 10.2 Å². The van der Waals surface area contributed by atoms with Crippen LogP contribution in [0.15, 0.2) is 83.0 Å². The van der Waals surface area contributed by atoms with Crippen molar-refractivity contribution in [2.75, 3.05) is 10.0 Å². The highest BCUT2D eigenvalue weighted by molar-refractivity contribution is 8.17. The molecule has 2 aliphatic heterocycles. The summed E-state index contributed by atoms with van der Waals surface area (Å²) in [6.45, 7) is 5.77. The molecule has 0 bridgehead atoms. The van der Waals surface area contributed by atoms with Crippen LogP contribution in [0, 0.1) is 13.8 Å². The lowest BCUT2D eigenvalue weighted by molar-refractivity contribution is -0.110. The van der Waals surface area contributed by atoms with Crippen LogP contribution in [-0.4, -0.2) is 21.5 Å². The van der Waals surface area contributed by atoms with Gasteiger partial charge >= 0.3 is 0 Å². The maximum Gasteiger partial charge on any atom is 0.208 e. The Labute approximate surface area is 209 Å². The van der Waals surface area contributed by atoms with Gasteiger partial charge in [0.25, 0.3) is 0 Å². The summed E-state index contributed by atoms with van der Waals surface area (Å²) >= 11 is 8.08. The molecule has 0 saturated carbocycles. The molecule has 0 amide bonds. The number of Topliss-reactive ketones (excluding diaryl/α,β-unsaturated/α-hetero) is 1. The van der Waals surface area contributed by atoms with Gasteiger partial charge in [0.2, 0.25) is 4.99 Å². The summed E-state index contributed by atoms with van der Waals surface area (Å²) in [6.07, 6.45) is 1.44. The lowest BCUT2D eigenvalue weighted by Gasteiger charge is -2.46. The summed E-state index contributed by atoms with van der Waals surface area (Å²) in [7, 11) is 0. The first kappa shape index (κ1) is 22.7. The summed E-state index contributed by atoms with van der Waals surface area (Å²) in [4.78, 5) is 11.7. The molecule has 3 aromatic rings. The van der Waals surface area contributed by atoms with E-state index in [2.05, 4.69) is 32.0 Å². The molecule has 2 heterocycles. The Hall–Kier alpha value is -3.09. The van der Waals surface area contributed by atoms with Gasteiger partial charge in [-0.05, 0) is 67.9 Å². The first-order valence-corrected chi connectivity index (χ1v) is 12.4. The number of thioether (sulfide) groups is 1. The number of halogens is 1. The maximum absolute atomic E-state index is 12.5. The highest BCUT2D eigenvalue weighted by atomic mass is 35.5. The molecule has 0 N–H and O–H groups in total. The smallest absolute Gasteiger partial charge is 0.208 e. The molecule has 7 heteroatoms. The third kappa shape index (κ3) is 3.91. The van der Waals surface area contributed by atoms with Crippen LogP contribution < -0.4 is 10.0 Å². The Morgan fingerprint density at radius 3 is 2.44 bits per heavy atom. The first-order chi connectivity index (χ1) is 16.4. The number of ketones is 1. The van der Waals surface area contributed by atoms with E-state index in [0.29, 0.717) is 16.5 Å². The number of nitrogens with zero attached hydrogens (tertiary/aromatic N) is 4. The molecule has 0 unspecified atom stereocenters. The Morgan fingerprint density at radius 1 is 0.971 bits per heavy atom. The van der Waals surface area contributed by atoms with Crippen molar-refractivity contribution in [1.29, 1.82) is 0 Å². The Balaban J connectivity index is 1.70. The molecule has 0 radical (unpaired) electrons. The van der Waals surface area contributed by atoms with Crippen LogP contribution in [0.25, 0.3) is 0 Å². The molecule has 172 valence electrons. The van der Waals surface area contributed by atoms with Gasteiger partial charge in [-0.1, -0.05) is 59.6 Å². The molecular formula is C27H25ClN4OS. The third-order valence-corrected chi connectivity index (χ3v) is 7.87. The van der Waals surface area contributed by atoms with Crippen LogP contribution in [0.2, 0.25) is 5.02 Å². The zero-order valence-electron chi connectivity index (χ0n) is 19.3. The Bertz CT molecular complexity index is 1320. The standard InChI is InChI=1S/C27H25ClN4OS/c1-18-13-14-19(2)22(17-18)24-15-16-27(31(29-24)21-9-5-4-6-10-21)32(30-26(34-27)20(3)33)25-12-8-7-11-23(25)28/h4-14,17H,15-16H2,1-3H3/t27-/m1/s1. The van der Waals surface area contributed by atoms with Gasteiger partial charge < -0.3 is 0 Å². The minimum atomic E-state index is -0.755. The summed E-state index contributed by atoms with van der Waals surface area (Å²) in [6, 6.07) is 24.1. The topological polar surface area (TPSA) is 48.3 Å². The van der Waals surface area contributed by atoms with Crippen molar-refractivity contribution in [3.63, 3.8) is 0 Å². The second kappa shape index (κ2) is 8.93. The maximum atomic E-state index is 12.5. The van der Waals surface area contributed by atoms with Gasteiger partial charge in [0, 0.05) is 18.9 Å². The number of aryl methyl sites for hydroxylation is 2. The average molecular weight is 489 g/mol. The van der Waals surface area contributed by atoms with E-state index in [-0.39, 0.29) is 5.78 Å². The summed E-state index contributed by atoms with van der Waals surface area (Å²) in [5, 5.41) is 14.9. The molecule has 0 fully saturated rings. The lowest BCUT2D eigenvalue weighted by Crippen LogP contribution is -2.56. The van der Waals surface area contributed by atoms with E-state index in [1.54, 1.807) is 6.92 Å². The van der Waals surface area contributed by atoms with Crippen LogP contribution in [0.3, 0.4) is 0 Å². The molecule has 0 saturated heterocycles. The van der Waals surface area contributed by atoms with Gasteiger partial charge in [0.1, 0.15) is 0 Å². The molecule has 0 aromatic heterocycles. The number of carbonyl (C=O) groups excluding carboxylic acids is 1. The molecule has 0 aliphatic carbocycles. The van der Waals surface area contributed by atoms with Gasteiger partial charge in [0.15, 0.2) is 10.8 Å². The average Bonchev–Trinajstić information content (AvgIpc) is 3.22. The molecule has 5 nitrogen and oxygen atoms in total. The second-order valence-electron chi connectivity index (χ2n) is 8.58. The zero-order chi connectivity index (χ0) is 23.9. The van der Waals surface area contributed by atoms with Gasteiger partial charge in [-0.3, -0.25) is 4.79 Å². The van der Waals surface area contributed by atoms with Crippen molar-refractivity contribution in [2.45, 2.75) is 38.6 Å². The van der Waals surface area contributed by atoms with Crippen LogP contribution in [0.5, 0.6) is 0 Å². The number of benzene rings is 3. The summed E-state index contributed by atoms with van der Waals surface area (Å²) in [5.74, 6) is -0.0729. The van der Waals surface area contributed by atoms with E-state index in [9.17, 15) is 4.79 Å². The fourth-order valence-corrected chi connectivity index (χ4v) is 5.84. The van der Waals surface area contributed by atoms with Crippen LogP contribution in [0.1, 0.15) is 36.5 Å². The SMILES string of the molecule is CC(=O)C1=NN(c2ccccc2Cl)[C@]2(CCC(c3cc(C)ccc3C)=NN2c2ccccc2)S1. The molecule has 3 aromatic carbocycles. The van der Waals surface area contributed by atoms with E-state index in [0.717, 1.165) is 29.1 Å².